The van der Waals surface area contributed by atoms with Gasteiger partial charge in [0.25, 0.3) is 0 Å². The number of carbonyl (C=O) groups is 1. The first-order valence-electron chi connectivity index (χ1n) is 6.62. The molecule has 0 aliphatic heterocycles. The molecule has 2 unspecified atom stereocenters. The first kappa shape index (κ1) is 13.4. The van der Waals surface area contributed by atoms with Gasteiger partial charge in [0.05, 0.1) is 0 Å². The van der Waals surface area contributed by atoms with Crippen molar-refractivity contribution < 1.29 is 4.79 Å². The lowest BCUT2D eigenvalue weighted by Gasteiger charge is -2.06. The van der Waals surface area contributed by atoms with Crippen LogP contribution in [0.5, 0.6) is 0 Å². The van der Waals surface area contributed by atoms with Crippen LogP contribution in [0.25, 0.3) is 0 Å². The predicted molar refractivity (Wildman–Crippen MR) is 75.8 cm³/mol. The minimum absolute atomic E-state index is 0.158. The molecule has 0 aromatic heterocycles. The topological polar surface area (TPSA) is 29.1 Å². The van der Waals surface area contributed by atoms with Gasteiger partial charge < -0.3 is 5.32 Å². The van der Waals surface area contributed by atoms with Crippen molar-refractivity contribution in [3.8, 4) is 0 Å². The van der Waals surface area contributed by atoms with Gasteiger partial charge >= 0.3 is 0 Å². The first-order valence-corrected chi connectivity index (χ1v) is 7.00. The summed E-state index contributed by atoms with van der Waals surface area (Å²) in [6, 6.07) is 7.26. The molecular formula is C15H20ClNO. The van der Waals surface area contributed by atoms with Crippen LogP contribution in [0, 0.1) is 17.8 Å². The average molecular weight is 266 g/mol. The molecule has 0 radical (unpaired) electrons. The zero-order valence-corrected chi connectivity index (χ0v) is 11.7. The number of amides is 1. The second-order valence-electron chi connectivity index (χ2n) is 5.57. The Kier molecular flexibility index (Phi) is 4.28. The molecule has 0 heterocycles. The molecule has 1 saturated carbocycles. The number of carbonyl (C=O) groups excluding carboxylic acids is 1. The Morgan fingerprint density at radius 2 is 2.06 bits per heavy atom. The quantitative estimate of drug-likeness (QED) is 0.843. The second-order valence-corrected chi connectivity index (χ2v) is 6.01. The summed E-state index contributed by atoms with van der Waals surface area (Å²) in [6.45, 7) is 4.45. The van der Waals surface area contributed by atoms with Gasteiger partial charge in [0.1, 0.15) is 0 Å². The fourth-order valence-electron chi connectivity index (χ4n) is 2.20. The van der Waals surface area contributed by atoms with E-state index in [1.54, 1.807) is 12.1 Å². The Morgan fingerprint density at radius 3 is 2.67 bits per heavy atom. The molecule has 1 aliphatic rings. The molecule has 1 aromatic carbocycles. The summed E-state index contributed by atoms with van der Waals surface area (Å²) < 4.78 is 0. The second kappa shape index (κ2) is 5.75. The van der Waals surface area contributed by atoms with Crippen molar-refractivity contribution in [2.75, 3.05) is 5.32 Å². The van der Waals surface area contributed by atoms with Crippen molar-refractivity contribution in [2.24, 2.45) is 17.8 Å². The molecule has 2 nitrogen and oxygen atoms in total. The van der Waals surface area contributed by atoms with Crippen LogP contribution in [-0.4, -0.2) is 5.91 Å². The van der Waals surface area contributed by atoms with Gasteiger partial charge in [0.15, 0.2) is 0 Å². The highest BCUT2D eigenvalue weighted by molar-refractivity contribution is 6.30. The molecule has 2 atom stereocenters. The molecule has 1 fully saturated rings. The van der Waals surface area contributed by atoms with Crippen LogP contribution in [0.1, 0.15) is 33.1 Å². The molecule has 0 saturated heterocycles. The van der Waals surface area contributed by atoms with Crippen molar-refractivity contribution >= 4 is 23.2 Å². The van der Waals surface area contributed by atoms with Gasteiger partial charge in [0, 0.05) is 16.6 Å². The maximum Gasteiger partial charge on any atom is 0.227 e. The third-order valence-corrected chi connectivity index (χ3v) is 3.74. The maximum atomic E-state index is 12.0. The van der Waals surface area contributed by atoms with Crippen LogP contribution in [-0.2, 0) is 4.79 Å². The number of anilines is 1. The van der Waals surface area contributed by atoms with Crippen LogP contribution in [0.3, 0.4) is 0 Å². The van der Waals surface area contributed by atoms with Crippen molar-refractivity contribution in [2.45, 2.75) is 33.1 Å². The molecule has 0 bridgehead atoms. The summed E-state index contributed by atoms with van der Waals surface area (Å²) in [5, 5.41) is 3.64. The fourth-order valence-corrected chi connectivity index (χ4v) is 2.33. The van der Waals surface area contributed by atoms with Gasteiger partial charge in [-0.2, -0.15) is 0 Å². The SMILES string of the molecule is CC(C)CCC1CC1C(=O)Nc1ccc(Cl)cc1. The number of benzene rings is 1. The molecule has 18 heavy (non-hydrogen) atoms. The van der Waals surface area contributed by atoms with Crippen molar-refractivity contribution in [3.63, 3.8) is 0 Å². The molecular weight excluding hydrogens is 246 g/mol. The summed E-state index contributed by atoms with van der Waals surface area (Å²) in [5.74, 6) is 1.70. The third-order valence-electron chi connectivity index (χ3n) is 3.49. The summed E-state index contributed by atoms with van der Waals surface area (Å²) in [7, 11) is 0. The number of hydrogen-bond donors (Lipinski definition) is 1. The van der Waals surface area contributed by atoms with Crippen molar-refractivity contribution in [1.82, 2.24) is 0 Å². The third kappa shape index (κ3) is 3.74. The van der Waals surface area contributed by atoms with E-state index >= 15 is 0 Å². The molecule has 1 N–H and O–H groups in total. The Labute approximate surface area is 114 Å². The Hall–Kier alpha value is -1.02. The molecule has 3 heteroatoms. The highest BCUT2D eigenvalue weighted by atomic mass is 35.5. The standard InChI is InChI=1S/C15H20ClNO/c1-10(2)3-4-11-9-14(11)15(18)17-13-7-5-12(16)6-8-13/h5-8,10-11,14H,3-4,9H2,1-2H3,(H,17,18). The smallest absolute Gasteiger partial charge is 0.227 e. The first-order chi connectivity index (χ1) is 8.56. The van der Waals surface area contributed by atoms with E-state index in [1.807, 2.05) is 12.1 Å². The lowest BCUT2D eigenvalue weighted by Crippen LogP contribution is -2.14. The zero-order valence-electron chi connectivity index (χ0n) is 10.9. The molecule has 98 valence electrons. The Morgan fingerprint density at radius 1 is 1.39 bits per heavy atom. The minimum Gasteiger partial charge on any atom is -0.326 e. The summed E-state index contributed by atoms with van der Waals surface area (Å²) in [4.78, 5) is 12.0. The van der Waals surface area contributed by atoms with Gasteiger partial charge in [-0.3, -0.25) is 4.79 Å². The monoisotopic (exact) mass is 265 g/mol. The molecule has 1 aliphatic carbocycles. The number of halogens is 1. The lowest BCUT2D eigenvalue weighted by molar-refractivity contribution is -0.117. The Bertz CT molecular complexity index is 413. The van der Waals surface area contributed by atoms with Gasteiger partial charge in [-0.25, -0.2) is 0 Å². The largest absolute Gasteiger partial charge is 0.326 e. The van der Waals surface area contributed by atoms with Crippen LogP contribution in [0.15, 0.2) is 24.3 Å². The van der Waals surface area contributed by atoms with Gasteiger partial charge in [0.2, 0.25) is 5.91 Å². The number of hydrogen-bond acceptors (Lipinski definition) is 1. The van der Waals surface area contributed by atoms with E-state index in [-0.39, 0.29) is 11.8 Å². The van der Waals surface area contributed by atoms with Crippen LogP contribution in [0.2, 0.25) is 5.02 Å². The van der Waals surface area contributed by atoms with Gasteiger partial charge in [-0.15, -0.1) is 0 Å². The highest BCUT2D eigenvalue weighted by Crippen LogP contribution is 2.43. The fraction of sp³-hybridized carbons (Fsp3) is 0.533. The number of nitrogens with one attached hydrogen (secondary N) is 1. The predicted octanol–water partition coefficient (Wildman–Crippen LogP) is 4.35. The maximum absolute atomic E-state index is 12.0. The molecule has 1 aromatic rings. The van der Waals surface area contributed by atoms with E-state index in [0.29, 0.717) is 10.9 Å². The molecule has 1 amide bonds. The molecule has 2 rings (SSSR count). The van der Waals surface area contributed by atoms with Crippen molar-refractivity contribution in [3.05, 3.63) is 29.3 Å². The highest BCUT2D eigenvalue weighted by Gasteiger charge is 2.42. The van der Waals surface area contributed by atoms with Crippen molar-refractivity contribution in [1.29, 1.82) is 0 Å². The summed E-state index contributed by atoms with van der Waals surface area (Å²) >= 11 is 5.80. The zero-order chi connectivity index (χ0) is 13.1. The van der Waals surface area contributed by atoms with E-state index in [2.05, 4.69) is 19.2 Å². The van der Waals surface area contributed by atoms with Crippen LogP contribution in [0.4, 0.5) is 5.69 Å². The average Bonchev–Trinajstić information content (AvgIpc) is 3.09. The van der Waals surface area contributed by atoms with Crippen LogP contribution < -0.4 is 5.32 Å². The molecule has 0 spiro atoms. The number of rotatable bonds is 5. The van der Waals surface area contributed by atoms with E-state index in [4.69, 9.17) is 11.6 Å². The van der Waals surface area contributed by atoms with E-state index < -0.39 is 0 Å². The van der Waals surface area contributed by atoms with Crippen LogP contribution >= 0.6 is 11.6 Å². The Balaban J connectivity index is 1.78. The lowest BCUT2D eigenvalue weighted by atomic mass is 10.0. The van der Waals surface area contributed by atoms with Gasteiger partial charge in [-0.1, -0.05) is 31.9 Å². The van der Waals surface area contributed by atoms with Gasteiger partial charge in [-0.05, 0) is 48.9 Å². The van der Waals surface area contributed by atoms with E-state index in [0.717, 1.165) is 18.0 Å². The normalized spacial score (nSPS) is 22.0. The minimum atomic E-state index is 0.158. The summed E-state index contributed by atoms with van der Waals surface area (Å²) in [5.41, 5.74) is 0.832. The van der Waals surface area contributed by atoms with E-state index in [9.17, 15) is 4.79 Å². The van der Waals surface area contributed by atoms with E-state index in [1.165, 1.54) is 12.8 Å². The summed E-state index contributed by atoms with van der Waals surface area (Å²) in [6.07, 6.45) is 3.44.